The Labute approximate surface area is 168 Å². The maximum atomic E-state index is 12.7. The number of H-pyrrole nitrogens is 1. The molecule has 146 valence electrons. The van der Waals surface area contributed by atoms with Crippen LogP contribution in [0.4, 0.5) is 5.95 Å². The summed E-state index contributed by atoms with van der Waals surface area (Å²) in [5.41, 5.74) is 2.81. The lowest BCUT2D eigenvalue weighted by Crippen LogP contribution is -2.43. The van der Waals surface area contributed by atoms with Crippen LogP contribution in [0.5, 0.6) is 5.75 Å². The van der Waals surface area contributed by atoms with Gasteiger partial charge in [0, 0.05) is 24.7 Å². The number of methoxy groups -OCH3 is 1. The van der Waals surface area contributed by atoms with Gasteiger partial charge in [-0.2, -0.15) is 0 Å². The summed E-state index contributed by atoms with van der Waals surface area (Å²) in [5.74, 6) is 1.60. The van der Waals surface area contributed by atoms with Gasteiger partial charge in [-0.05, 0) is 48.7 Å². The summed E-state index contributed by atoms with van der Waals surface area (Å²) in [6.07, 6.45) is 1.83. The summed E-state index contributed by atoms with van der Waals surface area (Å²) in [5, 5.41) is 3.73. The van der Waals surface area contributed by atoms with Crippen molar-refractivity contribution in [1.29, 1.82) is 0 Å². The monoisotopic (exact) mass is 398 g/mol. The molecule has 4 rings (SSSR count). The average molecular weight is 399 g/mol. The van der Waals surface area contributed by atoms with E-state index in [4.69, 9.17) is 16.3 Å². The molecule has 0 radical (unpaired) electrons. The molecule has 0 spiro atoms. The number of carbonyl (C=O) groups is 1. The molecular weight excluding hydrogens is 376 g/mol. The first-order valence-electron chi connectivity index (χ1n) is 9.43. The molecule has 2 heterocycles. The molecular formula is C21H23ClN4O2. The molecule has 1 amide bonds. The highest BCUT2D eigenvalue weighted by Crippen LogP contribution is 2.25. The summed E-state index contributed by atoms with van der Waals surface area (Å²) in [6, 6.07) is 13.3. The SMILES string of the molecule is COc1cccc(CNC(=O)[C@H]2CCCN(c3nc4ccc(Cl)cc4[nH]3)C2)c1. The van der Waals surface area contributed by atoms with Crippen molar-refractivity contribution in [3.8, 4) is 5.75 Å². The van der Waals surface area contributed by atoms with Gasteiger partial charge in [-0.15, -0.1) is 0 Å². The molecule has 1 fully saturated rings. The normalized spacial score (nSPS) is 16.9. The number of hydrogen-bond acceptors (Lipinski definition) is 4. The molecule has 28 heavy (non-hydrogen) atoms. The molecule has 0 aliphatic carbocycles. The van der Waals surface area contributed by atoms with E-state index in [1.807, 2.05) is 42.5 Å². The molecule has 3 aromatic rings. The van der Waals surface area contributed by atoms with Crippen molar-refractivity contribution >= 4 is 34.5 Å². The van der Waals surface area contributed by atoms with E-state index in [0.717, 1.165) is 47.7 Å². The van der Waals surface area contributed by atoms with Crippen LogP contribution in [0.25, 0.3) is 11.0 Å². The molecule has 1 atom stereocenters. The minimum atomic E-state index is -0.0591. The molecule has 6 nitrogen and oxygen atoms in total. The van der Waals surface area contributed by atoms with E-state index in [9.17, 15) is 4.79 Å². The fourth-order valence-corrected chi connectivity index (χ4v) is 3.79. The average Bonchev–Trinajstić information content (AvgIpc) is 3.15. The second-order valence-corrected chi connectivity index (χ2v) is 7.51. The van der Waals surface area contributed by atoms with Crippen molar-refractivity contribution < 1.29 is 9.53 Å². The highest BCUT2D eigenvalue weighted by molar-refractivity contribution is 6.31. The Morgan fingerprint density at radius 1 is 1.36 bits per heavy atom. The third-order valence-electron chi connectivity index (χ3n) is 5.12. The van der Waals surface area contributed by atoms with E-state index in [2.05, 4.69) is 20.2 Å². The van der Waals surface area contributed by atoms with E-state index in [0.29, 0.717) is 18.1 Å². The van der Waals surface area contributed by atoms with E-state index >= 15 is 0 Å². The lowest BCUT2D eigenvalue weighted by molar-refractivity contribution is -0.125. The zero-order chi connectivity index (χ0) is 19.5. The Kier molecular flexibility index (Phi) is 5.39. The van der Waals surface area contributed by atoms with Crippen LogP contribution in [0.15, 0.2) is 42.5 Å². The predicted octanol–water partition coefficient (Wildman–Crippen LogP) is 3.76. The lowest BCUT2D eigenvalue weighted by Gasteiger charge is -2.31. The van der Waals surface area contributed by atoms with E-state index in [-0.39, 0.29) is 11.8 Å². The number of piperidine rings is 1. The number of amides is 1. The Balaban J connectivity index is 1.40. The molecule has 2 N–H and O–H groups in total. The topological polar surface area (TPSA) is 70.2 Å². The Bertz CT molecular complexity index is 987. The summed E-state index contributed by atoms with van der Waals surface area (Å²) in [7, 11) is 1.64. The molecule has 0 unspecified atom stereocenters. The van der Waals surface area contributed by atoms with Gasteiger partial charge in [0.1, 0.15) is 5.75 Å². The first kappa shape index (κ1) is 18.6. The number of fused-ring (bicyclic) bond motifs is 1. The van der Waals surface area contributed by atoms with Crippen LogP contribution in [0.2, 0.25) is 5.02 Å². The van der Waals surface area contributed by atoms with Crippen LogP contribution >= 0.6 is 11.6 Å². The van der Waals surface area contributed by atoms with Crippen LogP contribution in [0.1, 0.15) is 18.4 Å². The first-order chi connectivity index (χ1) is 13.6. The number of imidazole rings is 1. The maximum Gasteiger partial charge on any atom is 0.225 e. The number of carbonyl (C=O) groups excluding carboxylic acids is 1. The number of halogens is 1. The van der Waals surface area contributed by atoms with Crippen LogP contribution in [0, 0.1) is 5.92 Å². The largest absolute Gasteiger partial charge is 0.497 e. The van der Waals surface area contributed by atoms with Crippen molar-refractivity contribution in [3.05, 3.63) is 53.1 Å². The number of ether oxygens (including phenoxy) is 1. The molecule has 1 saturated heterocycles. The molecule has 0 bridgehead atoms. The number of nitrogens with one attached hydrogen (secondary N) is 2. The highest BCUT2D eigenvalue weighted by Gasteiger charge is 2.27. The number of benzene rings is 2. The minimum absolute atomic E-state index is 0.0591. The van der Waals surface area contributed by atoms with Gasteiger partial charge in [-0.1, -0.05) is 23.7 Å². The van der Waals surface area contributed by atoms with E-state index in [1.165, 1.54) is 0 Å². The molecule has 1 aromatic heterocycles. The van der Waals surface area contributed by atoms with Crippen molar-refractivity contribution in [2.24, 2.45) is 5.92 Å². The van der Waals surface area contributed by atoms with Crippen molar-refractivity contribution in [1.82, 2.24) is 15.3 Å². The van der Waals surface area contributed by atoms with Gasteiger partial charge in [0.25, 0.3) is 0 Å². The molecule has 1 aliphatic heterocycles. The predicted molar refractivity (Wildman–Crippen MR) is 111 cm³/mol. The van der Waals surface area contributed by atoms with Gasteiger partial charge >= 0.3 is 0 Å². The van der Waals surface area contributed by atoms with Gasteiger partial charge in [0.05, 0.1) is 24.1 Å². The third kappa shape index (κ3) is 4.07. The fourth-order valence-electron chi connectivity index (χ4n) is 3.62. The van der Waals surface area contributed by atoms with E-state index < -0.39 is 0 Å². The zero-order valence-electron chi connectivity index (χ0n) is 15.7. The summed E-state index contributed by atoms with van der Waals surface area (Å²) < 4.78 is 5.24. The molecule has 2 aromatic carbocycles. The number of anilines is 1. The second-order valence-electron chi connectivity index (χ2n) is 7.08. The van der Waals surface area contributed by atoms with Crippen LogP contribution in [-0.2, 0) is 11.3 Å². The number of hydrogen-bond donors (Lipinski definition) is 2. The first-order valence-corrected chi connectivity index (χ1v) is 9.81. The Morgan fingerprint density at radius 2 is 2.25 bits per heavy atom. The van der Waals surface area contributed by atoms with Crippen LogP contribution in [0.3, 0.4) is 0 Å². The van der Waals surface area contributed by atoms with Gasteiger partial charge in [-0.25, -0.2) is 4.98 Å². The summed E-state index contributed by atoms with van der Waals surface area (Å²) >= 11 is 6.06. The fraction of sp³-hybridized carbons (Fsp3) is 0.333. The minimum Gasteiger partial charge on any atom is -0.497 e. The Morgan fingerprint density at radius 3 is 3.11 bits per heavy atom. The number of aromatic amines is 1. The third-order valence-corrected chi connectivity index (χ3v) is 5.36. The molecule has 0 saturated carbocycles. The van der Waals surface area contributed by atoms with Crippen molar-refractivity contribution in [2.45, 2.75) is 19.4 Å². The quantitative estimate of drug-likeness (QED) is 0.686. The number of aromatic nitrogens is 2. The van der Waals surface area contributed by atoms with Gasteiger partial charge in [-0.3, -0.25) is 4.79 Å². The number of rotatable bonds is 5. The summed E-state index contributed by atoms with van der Waals surface area (Å²) in [6.45, 7) is 2.03. The smallest absolute Gasteiger partial charge is 0.225 e. The van der Waals surface area contributed by atoms with Gasteiger partial charge in [0.15, 0.2) is 0 Å². The van der Waals surface area contributed by atoms with Gasteiger partial charge < -0.3 is 19.9 Å². The maximum absolute atomic E-state index is 12.7. The van der Waals surface area contributed by atoms with Crippen LogP contribution in [-0.4, -0.2) is 36.1 Å². The van der Waals surface area contributed by atoms with Crippen LogP contribution < -0.4 is 15.0 Å². The highest BCUT2D eigenvalue weighted by atomic mass is 35.5. The zero-order valence-corrected chi connectivity index (χ0v) is 16.5. The molecule has 7 heteroatoms. The second kappa shape index (κ2) is 8.10. The molecule has 1 aliphatic rings. The summed E-state index contributed by atoms with van der Waals surface area (Å²) in [4.78, 5) is 22.8. The standard InChI is InChI=1S/C21H23ClN4O2/c1-28-17-6-2-4-14(10-17)12-23-20(27)15-5-3-9-26(13-15)21-24-18-8-7-16(22)11-19(18)25-21/h2,4,6-8,10-11,15H,3,5,9,12-13H2,1H3,(H,23,27)(H,24,25)/t15-/m0/s1. The number of nitrogens with zero attached hydrogens (tertiary/aromatic N) is 2. The van der Waals surface area contributed by atoms with E-state index in [1.54, 1.807) is 7.11 Å². The van der Waals surface area contributed by atoms with Crippen molar-refractivity contribution in [2.75, 3.05) is 25.1 Å². The lowest BCUT2D eigenvalue weighted by atomic mass is 9.97. The Hall–Kier alpha value is -2.73. The van der Waals surface area contributed by atoms with Gasteiger partial charge in [0.2, 0.25) is 11.9 Å². The van der Waals surface area contributed by atoms with Crippen molar-refractivity contribution in [3.63, 3.8) is 0 Å².